The standard InChI is InChI=1S/CHClNP/c2-4-1-3/h4H. The van der Waals surface area contributed by atoms with Crippen molar-refractivity contribution in [3.05, 3.63) is 0 Å². The van der Waals surface area contributed by atoms with Gasteiger partial charge in [-0.05, 0) is 0 Å². The van der Waals surface area contributed by atoms with Crippen LogP contribution in [0.2, 0.25) is 0 Å². The molecule has 0 amide bonds. The smallest absolute Gasteiger partial charge is 0.101 e. The van der Waals surface area contributed by atoms with E-state index in [0.29, 0.717) is 0 Å². The van der Waals surface area contributed by atoms with Crippen LogP contribution in [0, 0.1) is 11.1 Å². The van der Waals surface area contributed by atoms with E-state index in [1.54, 1.807) is 5.81 Å². The summed E-state index contributed by atoms with van der Waals surface area (Å²) in [5, 5.41) is 7.51. The molecule has 0 aliphatic heterocycles. The molecule has 1 nitrogen and oxygen atoms in total. The van der Waals surface area contributed by atoms with Crippen LogP contribution in [0.4, 0.5) is 0 Å². The van der Waals surface area contributed by atoms with Crippen molar-refractivity contribution in [2.75, 3.05) is 0 Å². The first-order chi connectivity index (χ1) is 1.91. The Kier molecular flexibility index (Phi) is 3.38. The van der Waals surface area contributed by atoms with Gasteiger partial charge in [0.05, 0.1) is 7.93 Å². The molecule has 3 heteroatoms. The van der Waals surface area contributed by atoms with Gasteiger partial charge in [-0.15, -0.1) is 0 Å². The van der Waals surface area contributed by atoms with Crippen molar-refractivity contribution in [3.63, 3.8) is 0 Å². The molecule has 0 spiro atoms. The van der Waals surface area contributed by atoms with Gasteiger partial charge < -0.3 is 0 Å². The number of hydrogen-bond acceptors (Lipinski definition) is 1. The molecule has 1 unspecified atom stereocenters. The monoisotopic (exact) mass is 93.0 g/mol. The van der Waals surface area contributed by atoms with Crippen molar-refractivity contribution in [3.8, 4) is 5.81 Å². The van der Waals surface area contributed by atoms with Gasteiger partial charge in [-0.25, -0.2) is 0 Å². The molecule has 22 valence electrons. The van der Waals surface area contributed by atoms with Crippen molar-refractivity contribution in [2.45, 2.75) is 0 Å². The zero-order valence-corrected chi connectivity index (χ0v) is 3.58. The first-order valence-electron chi connectivity index (χ1n) is 0.663. The van der Waals surface area contributed by atoms with Crippen LogP contribution in [0.3, 0.4) is 0 Å². The van der Waals surface area contributed by atoms with Gasteiger partial charge in [-0.1, -0.05) is 11.2 Å². The Morgan fingerprint density at radius 2 is 2.25 bits per heavy atom. The molecule has 0 aromatic rings. The van der Waals surface area contributed by atoms with E-state index in [2.05, 4.69) is 0 Å². The average Bonchev–Trinajstić information content (AvgIpc) is 1.37. The summed E-state index contributed by atoms with van der Waals surface area (Å²) >= 11 is 4.85. The van der Waals surface area contributed by atoms with Crippen LogP contribution in [0.15, 0.2) is 0 Å². The SMILES string of the molecule is N#CPCl. The van der Waals surface area contributed by atoms with Crippen molar-refractivity contribution in [1.29, 1.82) is 5.26 Å². The van der Waals surface area contributed by atoms with Gasteiger partial charge in [0.15, 0.2) is 0 Å². The predicted octanol–water partition coefficient (Wildman–Crippen LogP) is 1.30. The third-order valence-corrected chi connectivity index (χ3v) is 0.380. The van der Waals surface area contributed by atoms with Crippen LogP contribution in [-0.4, -0.2) is 0 Å². The van der Waals surface area contributed by atoms with Gasteiger partial charge in [-0.3, -0.25) is 0 Å². The molecule has 0 fully saturated rings. The largest absolute Gasteiger partial charge is 0.192 e. The maximum absolute atomic E-state index is 7.51. The lowest BCUT2D eigenvalue weighted by molar-refractivity contribution is 1.57. The number of hydrogen-bond donors (Lipinski definition) is 0. The van der Waals surface area contributed by atoms with E-state index in [1.807, 2.05) is 0 Å². The van der Waals surface area contributed by atoms with Gasteiger partial charge in [0.25, 0.3) is 0 Å². The Labute approximate surface area is 31.1 Å². The van der Waals surface area contributed by atoms with Gasteiger partial charge in [0, 0.05) is 0 Å². The van der Waals surface area contributed by atoms with Crippen molar-refractivity contribution < 1.29 is 0 Å². The topological polar surface area (TPSA) is 23.8 Å². The van der Waals surface area contributed by atoms with E-state index >= 15 is 0 Å². The molecule has 0 rings (SSSR count). The predicted molar refractivity (Wildman–Crippen MR) is 19.8 cm³/mol. The molecule has 4 heavy (non-hydrogen) atoms. The Hall–Kier alpha value is 0.210. The Balaban J connectivity index is 2.43. The lowest BCUT2D eigenvalue weighted by atomic mass is 11.8. The van der Waals surface area contributed by atoms with Crippen LogP contribution in [0.25, 0.3) is 0 Å². The minimum Gasteiger partial charge on any atom is -0.192 e. The third-order valence-electron chi connectivity index (χ3n) is 0.0423. The lowest BCUT2D eigenvalue weighted by Crippen LogP contribution is -1.05. The number of nitrogens with zero attached hydrogens (tertiary/aromatic N) is 1. The number of rotatable bonds is 0. The van der Waals surface area contributed by atoms with E-state index in [-0.39, 0.29) is 7.93 Å². The van der Waals surface area contributed by atoms with E-state index in [4.69, 9.17) is 16.5 Å². The van der Waals surface area contributed by atoms with Crippen LogP contribution in [0.1, 0.15) is 0 Å². The van der Waals surface area contributed by atoms with E-state index in [9.17, 15) is 0 Å². The van der Waals surface area contributed by atoms with Crippen LogP contribution < -0.4 is 0 Å². The van der Waals surface area contributed by atoms with Gasteiger partial charge in [0.1, 0.15) is 5.81 Å². The summed E-state index contributed by atoms with van der Waals surface area (Å²) in [6, 6.07) is 0. The maximum atomic E-state index is 7.51. The van der Waals surface area contributed by atoms with Crippen molar-refractivity contribution in [2.24, 2.45) is 0 Å². The summed E-state index contributed by atoms with van der Waals surface area (Å²) in [7, 11) is -0.0818. The zero-order chi connectivity index (χ0) is 3.41. The number of nitriles is 1. The molecule has 0 saturated heterocycles. The molecular formula is CHClNP. The van der Waals surface area contributed by atoms with E-state index < -0.39 is 0 Å². The summed E-state index contributed by atoms with van der Waals surface area (Å²) < 4.78 is 0. The molecular weight excluding hydrogens is 92.4 g/mol. The highest BCUT2D eigenvalue weighted by molar-refractivity contribution is 7.72. The highest BCUT2D eigenvalue weighted by Crippen LogP contribution is 2.09. The average molecular weight is 93.5 g/mol. The second-order valence-corrected chi connectivity index (χ2v) is 1.19. The first kappa shape index (κ1) is 4.21. The minimum atomic E-state index is -0.0818. The quantitative estimate of drug-likeness (QED) is 0.414. The highest BCUT2D eigenvalue weighted by Gasteiger charge is 1.52. The van der Waals surface area contributed by atoms with Crippen LogP contribution in [-0.2, 0) is 0 Å². The van der Waals surface area contributed by atoms with Gasteiger partial charge in [0.2, 0.25) is 0 Å². The molecule has 0 aromatic heterocycles. The molecule has 0 N–H and O–H groups in total. The second-order valence-electron chi connectivity index (χ2n) is 0.206. The molecule has 0 heterocycles. The molecule has 0 bridgehead atoms. The third kappa shape index (κ3) is 2.21. The number of halogens is 1. The Morgan fingerprint density at radius 3 is 2.25 bits per heavy atom. The molecule has 0 saturated carbocycles. The summed E-state index contributed by atoms with van der Waals surface area (Å²) in [6.45, 7) is 0. The normalized spacial score (nSPS) is 8.00. The fourth-order valence-electron chi connectivity index (χ4n) is 0. The molecule has 0 aromatic carbocycles. The maximum Gasteiger partial charge on any atom is 0.101 e. The van der Waals surface area contributed by atoms with Crippen LogP contribution in [0.5, 0.6) is 0 Å². The summed E-state index contributed by atoms with van der Waals surface area (Å²) in [5.41, 5.74) is 0. The molecule has 0 radical (unpaired) electrons. The zero-order valence-electron chi connectivity index (χ0n) is 1.83. The second kappa shape index (κ2) is 3.21. The van der Waals surface area contributed by atoms with Gasteiger partial charge in [-0.2, -0.15) is 5.26 Å². The summed E-state index contributed by atoms with van der Waals surface area (Å²) in [5.74, 6) is 1.72. The first-order valence-corrected chi connectivity index (χ1v) is 2.67. The molecule has 1 atom stereocenters. The van der Waals surface area contributed by atoms with E-state index in [0.717, 1.165) is 0 Å². The highest BCUT2D eigenvalue weighted by atomic mass is 35.7. The summed E-state index contributed by atoms with van der Waals surface area (Å²) in [6.07, 6.45) is 0. The fraction of sp³-hybridized carbons (Fsp3) is 0. The van der Waals surface area contributed by atoms with Crippen molar-refractivity contribution >= 4 is 19.2 Å². The van der Waals surface area contributed by atoms with Gasteiger partial charge >= 0.3 is 0 Å². The summed E-state index contributed by atoms with van der Waals surface area (Å²) in [4.78, 5) is 0. The minimum absolute atomic E-state index is 0.0818. The Morgan fingerprint density at radius 1 is 2.00 bits per heavy atom. The Bertz CT molecular complexity index is 37.8. The lowest BCUT2D eigenvalue weighted by Gasteiger charge is -1.44. The molecule has 0 aliphatic rings. The van der Waals surface area contributed by atoms with Crippen LogP contribution >= 0.6 is 19.2 Å². The van der Waals surface area contributed by atoms with Crippen molar-refractivity contribution in [1.82, 2.24) is 0 Å². The fourth-order valence-corrected chi connectivity index (χ4v) is 0. The molecule has 0 aliphatic carbocycles. The van der Waals surface area contributed by atoms with E-state index in [1.165, 1.54) is 0 Å².